The van der Waals surface area contributed by atoms with Crippen LogP contribution in [-0.2, 0) is 6.54 Å². The fraction of sp³-hybridized carbons (Fsp3) is 0.714. The molecule has 2 fully saturated rings. The van der Waals surface area contributed by atoms with Gasteiger partial charge in [-0.15, -0.1) is 5.10 Å². The maximum atomic E-state index is 5.88. The van der Waals surface area contributed by atoms with Crippen LogP contribution in [0.3, 0.4) is 0 Å². The molecule has 1 aromatic heterocycles. The Bertz CT molecular complexity index is 396. The molecule has 1 aliphatic heterocycles. The number of likely N-dealkylation sites (tertiary alicyclic amines) is 1. The van der Waals surface area contributed by atoms with Crippen molar-refractivity contribution >= 4 is 0 Å². The maximum Gasteiger partial charge on any atom is 0.233 e. The van der Waals surface area contributed by atoms with Crippen molar-refractivity contribution in [1.29, 1.82) is 0 Å². The topological polar surface area (TPSA) is 50.3 Å². The van der Waals surface area contributed by atoms with E-state index in [-0.39, 0.29) is 0 Å². The molecule has 1 saturated carbocycles. The van der Waals surface area contributed by atoms with Gasteiger partial charge in [0.2, 0.25) is 5.88 Å². The van der Waals surface area contributed by atoms with E-state index in [1.165, 1.54) is 12.8 Å². The summed E-state index contributed by atoms with van der Waals surface area (Å²) in [7, 11) is 2.15. The Morgan fingerprint density at radius 2 is 2.00 bits per heavy atom. The van der Waals surface area contributed by atoms with Gasteiger partial charge >= 0.3 is 0 Å². The van der Waals surface area contributed by atoms with Crippen LogP contribution in [-0.4, -0.2) is 47.4 Å². The van der Waals surface area contributed by atoms with Crippen molar-refractivity contribution < 1.29 is 4.74 Å². The second-order valence-corrected chi connectivity index (χ2v) is 5.64. The quantitative estimate of drug-likeness (QED) is 0.864. The lowest BCUT2D eigenvalue weighted by molar-refractivity contribution is 0.109. The second kappa shape index (κ2) is 5.84. The summed E-state index contributed by atoms with van der Waals surface area (Å²) in [6.45, 7) is 3.01. The highest BCUT2D eigenvalue weighted by Gasteiger charge is 2.20. The van der Waals surface area contributed by atoms with Crippen LogP contribution in [0.15, 0.2) is 12.1 Å². The summed E-state index contributed by atoms with van der Waals surface area (Å²) in [5, 5.41) is 11.8. The summed E-state index contributed by atoms with van der Waals surface area (Å²) in [4.78, 5) is 2.33. The summed E-state index contributed by atoms with van der Waals surface area (Å²) in [6.07, 6.45) is 5.03. The Kier molecular flexibility index (Phi) is 3.94. The number of aromatic nitrogens is 2. The minimum Gasteiger partial charge on any atom is -0.473 e. The first kappa shape index (κ1) is 12.8. The Morgan fingerprint density at radius 3 is 2.63 bits per heavy atom. The van der Waals surface area contributed by atoms with Crippen molar-refractivity contribution in [2.24, 2.45) is 0 Å². The highest BCUT2D eigenvalue weighted by Crippen LogP contribution is 2.19. The zero-order valence-electron chi connectivity index (χ0n) is 11.5. The summed E-state index contributed by atoms with van der Waals surface area (Å²) < 4.78 is 5.88. The summed E-state index contributed by atoms with van der Waals surface area (Å²) >= 11 is 0. The van der Waals surface area contributed by atoms with E-state index in [4.69, 9.17) is 4.74 Å². The van der Waals surface area contributed by atoms with Crippen LogP contribution in [0.2, 0.25) is 0 Å². The molecule has 3 rings (SSSR count). The molecule has 0 amide bonds. The predicted molar refractivity (Wildman–Crippen MR) is 73.0 cm³/mol. The van der Waals surface area contributed by atoms with Crippen molar-refractivity contribution in [3.8, 4) is 5.88 Å². The van der Waals surface area contributed by atoms with E-state index in [1.807, 2.05) is 12.1 Å². The van der Waals surface area contributed by atoms with Crippen molar-refractivity contribution in [1.82, 2.24) is 20.4 Å². The van der Waals surface area contributed by atoms with Gasteiger partial charge in [0.1, 0.15) is 6.10 Å². The van der Waals surface area contributed by atoms with Crippen molar-refractivity contribution in [3.63, 3.8) is 0 Å². The number of rotatable bonds is 5. The SMILES string of the molecule is CN1CCC(Oc2ccc(CNC3CC3)nn2)CC1. The fourth-order valence-corrected chi connectivity index (χ4v) is 2.31. The second-order valence-electron chi connectivity index (χ2n) is 5.64. The molecule has 5 heteroatoms. The largest absolute Gasteiger partial charge is 0.473 e. The van der Waals surface area contributed by atoms with E-state index in [1.54, 1.807) is 0 Å². The zero-order chi connectivity index (χ0) is 13.1. The molecule has 1 aliphatic carbocycles. The summed E-state index contributed by atoms with van der Waals surface area (Å²) in [5.41, 5.74) is 0.989. The van der Waals surface area contributed by atoms with Gasteiger partial charge in [-0.05, 0) is 38.8 Å². The molecular formula is C14H22N4O. The number of nitrogens with one attached hydrogen (secondary N) is 1. The molecule has 2 heterocycles. The first-order valence-corrected chi connectivity index (χ1v) is 7.21. The lowest BCUT2D eigenvalue weighted by Crippen LogP contribution is -2.35. The smallest absolute Gasteiger partial charge is 0.233 e. The molecule has 0 aromatic carbocycles. The minimum atomic E-state index is 0.293. The van der Waals surface area contributed by atoms with Crippen LogP contribution in [0.5, 0.6) is 5.88 Å². The molecule has 0 atom stereocenters. The first-order chi connectivity index (χ1) is 9.29. The minimum absolute atomic E-state index is 0.293. The molecule has 0 spiro atoms. The lowest BCUT2D eigenvalue weighted by atomic mass is 10.1. The average molecular weight is 262 g/mol. The fourth-order valence-electron chi connectivity index (χ4n) is 2.31. The summed E-state index contributed by atoms with van der Waals surface area (Å²) in [6, 6.07) is 4.65. The highest BCUT2D eigenvalue weighted by atomic mass is 16.5. The van der Waals surface area contributed by atoms with Crippen LogP contribution < -0.4 is 10.1 Å². The van der Waals surface area contributed by atoms with Crippen LogP contribution in [0, 0.1) is 0 Å². The van der Waals surface area contributed by atoms with Crippen LogP contribution in [0.25, 0.3) is 0 Å². The Balaban J connectivity index is 1.47. The molecular weight excluding hydrogens is 240 g/mol. The Labute approximate surface area is 114 Å². The third kappa shape index (κ3) is 3.88. The van der Waals surface area contributed by atoms with Crippen LogP contribution in [0.1, 0.15) is 31.4 Å². The van der Waals surface area contributed by atoms with Gasteiger partial charge in [-0.2, -0.15) is 5.10 Å². The van der Waals surface area contributed by atoms with Crippen molar-refractivity contribution in [2.75, 3.05) is 20.1 Å². The monoisotopic (exact) mass is 262 g/mol. The zero-order valence-corrected chi connectivity index (χ0v) is 11.5. The molecule has 0 radical (unpaired) electrons. The highest BCUT2D eigenvalue weighted by molar-refractivity contribution is 5.12. The summed E-state index contributed by atoms with van der Waals surface area (Å²) in [5.74, 6) is 0.657. The molecule has 1 aromatic rings. The molecule has 1 saturated heterocycles. The molecule has 104 valence electrons. The van der Waals surface area contributed by atoms with Gasteiger partial charge < -0.3 is 15.0 Å². The number of hydrogen-bond donors (Lipinski definition) is 1. The molecule has 2 aliphatic rings. The molecule has 19 heavy (non-hydrogen) atoms. The molecule has 5 nitrogen and oxygen atoms in total. The van der Waals surface area contributed by atoms with Gasteiger partial charge in [-0.3, -0.25) is 0 Å². The van der Waals surface area contributed by atoms with Gasteiger partial charge in [0.05, 0.1) is 5.69 Å². The maximum absolute atomic E-state index is 5.88. The van der Waals surface area contributed by atoms with Gasteiger partial charge in [0.25, 0.3) is 0 Å². The Morgan fingerprint density at radius 1 is 1.21 bits per heavy atom. The number of piperidine rings is 1. The van der Waals surface area contributed by atoms with Crippen molar-refractivity contribution in [2.45, 2.75) is 44.4 Å². The van der Waals surface area contributed by atoms with Crippen LogP contribution in [0.4, 0.5) is 0 Å². The predicted octanol–water partition coefficient (Wildman–Crippen LogP) is 1.20. The molecule has 0 unspecified atom stereocenters. The van der Waals surface area contributed by atoms with Gasteiger partial charge in [0.15, 0.2) is 0 Å². The van der Waals surface area contributed by atoms with Gasteiger partial charge in [-0.25, -0.2) is 0 Å². The molecule has 1 N–H and O–H groups in total. The van der Waals surface area contributed by atoms with Crippen LogP contribution >= 0.6 is 0 Å². The number of hydrogen-bond acceptors (Lipinski definition) is 5. The van der Waals surface area contributed by atoms with E-state index in [2.05, 4.69) is 27.5 Å². The molecule has 0 bridgehead atoms. The van der Waals surface area contributed by atoms with E-state index in [9.17, 15) is 0 Å². The van der Waals surface area contributed by atoms with Gasteiger partial charge in [0, 0.05) is 31.7 Å². The van der Waals surface area contributed by atoms with Gasteiger partial charge in [-0.1, -0.05) is 0 Å². The normalized spacial score (nSPS) is 21.5. The number of nitrogens with zero attached hydrogens (tertiary/aromatic N) is 3. The third-order valence-electron chi connectivity index (χ3n) is 3.80. The van der Waals surface area contributed by atoms with E-state index in [0.717, 1.165) is 38.2 Å². The van der Waals surface area contributed by atoms with E-state index in [0.29, 0.717) is 18.0 Å². The Hall–Kier alpha value is -1.20. The number of ether oxygens (including phenoxy) is 1. The van der Waals surface area contributed by atoms with Crippen molar-refractivity contribution in [3.05, 3.63) is 17.8 Å². The standard InChI is InChI=1S/C14H22N4O/c1-18-8-6-13(7-9-18)19-14-5-4-12(16-17-14)10-15-11-2-3-11/h4-5,11,13,15H,2-3,6-10H2,1H3. The lowest BCUT2D eigenvalue weighted by Gasteiger charge is -2.28. The van der Waals surface area contributed by atoms with E-state index < -0.39 is 0 Å². The van der Waals surface area contributed by atoms with E-state index >= 15 is 0 Å². The average Bonchev–Trinajstić information content (AvgIpc) is 3.25. The first-order valence-electron chi connectivity index (χ1n) is 7.21. The third-order valence-corrected chi connectivity index (χ3v) is 3.80.